The molecular weight excluding hydrogens is 309 g/mol. The molecule has 3 rings (SSSR count). The molecule has 3 heterocycles. The summed E-state index contributed by atoms with van der Waals surface area (Å²) in [5.41, 5.74) is 0.915. The first-order chi connectivity index (χ1) is 7.31. The number of carbonyl (C=O) groups is 1. The van der Waals surface area contributed by atoms with E-state index >= 15 is 0 Å². The average molecular weight is 315 g/mol. The van der Waals surface area contributed by atoms with Gasteiger partial charge in [-0.2, -0.15) is 5.10 Å². The Labute approximate surface area is 98.2 Å². The van der Waals surface area contributed by atoms with Crippen molar-refractivity contribution >= 4 is 34.7 Å². The largest absolute Gasteiger partial charge is 0.342 e. The minimum absolute atomic E-state index is 0.422. The molecule has 1 atom stereocenters. The van der Waals surface area contributed by atoms with Gasteiger partial charge in [-0.15, -0.1) is 0 Å². The van der Waals surface area contributed by atoms with Crippen LogP contribution in [0.5, 0.6) is 0 Å². The molecule has 0 amide bonds. The lowest BCUT2D eigenvalue weighted by Gasteiger charge is -2.21. The number of halogens is 1. The molecule has 0 aliphatic carbocycles. The molecule has 0 saturated carbocycles. The molecule has 0 radical (unpaired) electrons. The molecule has 15 heavy (non-hydrogen) atoms. The molecule has 0 fully saturated rings. The predicted molar refractivity (Wildman–Crippen MR) is 61.2 cm³/mol. The van der Waals surface area contributed by atoms with Gasteiger partial charge in [0.2, 0.25) is 0 Å². The van der Waals surface area contributed by atoms with Gasteiger partial charge in [-0.05, 0) is 22.6 Å². The van der Waals surface area contributed by atoms with Crippen LogP contribution in [0.1, 0.15) is 6.17 Å². The summed E-state index contributed by atoms with van der Waals surface area (Å²) in [6.07, 6.45) is 3.85. The lowest BCUT2D eigenvalue weighted by molar-refractivity contribution is -0.109. The van der Waals surface area contributed by atoms with Crippen molar-refractivity contribution in [2.75, 3.05) is 5.32 Å². The summed E-state index contributed by atoms with van der Waals surface area (Å²) in [5.74, 6) is 1.44. The zero-order chi connectivity index (χ0) is 10.4. The first kappa shape index (κ1) is 8.89. The maximum absolute atomic E-state index is 10.9. The van der Waals surface area contributed by atoms with E-state index in [2.05, 4.69) is 43.1 Å². The van der Waals surface area contributed by atoms with Gasteiger partial charge in [0.05, 0.1) is 5.56 Å². The number of hydrogen-bond donors (Lipinski definition) is 2. The Morgan fingerprint density at radius 2 is 2.47 bits per heavy atom. The highest BCUT2D eigenvalue weighted by molar-refractivity contribution is 14.1. The second-order valence-electron chi connectivity index (χ2n) is 3.14. The van der Waals surface area contributed by atoms with Crippen LogP contribution in [0.4, 0.5) is 5.82 Å². The molecule has 6 nitrogen and oxygen atoms in total. The van der Waals surface area contributed by atoms with Crippen LogP contribution in [-0.4, -0.2) is 26.0 Å². The van der Waals surface area contributed by atoms with Crippen LogP contribution in [0.25, 0.3) is 11.4 Å². The van der Waals surface area contributed by atoms with Crippen LogP contribution in [0.3, 0.4) is 0 Å². The molecule has 2 aromatic heterocycles. The van der Waals surface area contributed by atoms with E-state index in [9.17, 15) is 4.79 Å². The zero-order valence-electron chi connectivity index (χ0n) is 7.44. The van der Waals surface area contributed by atoms with Crippen molar-refractivity contribution in [3.05, 3.63) is 16.1 Å². The first-order valence-corrected chi connectivity index (χ1v) is 5.38. The second-order valence-corrected chi connectivity index (χ2v) is 4.22. The summed E-state index contributed by atoms with van der Waals surface area (Å²) < 4.78 is 2.69. The SMILES string of the molecule is O=CC1Nc2n[nH]c(I)c2-c2nccn21. The highest BCUT2D eigenvalue weighted by Gasteiger charge is 2.27. The van der Waals surface area contributed by atoms with E-state index in [-0.39, 0.29) is 0 Å². The molecule has 2 aromatic rings. The molecule has 1 unspecified atom stereocenters. The van der Waals surface area contributed by atoms with Crippen molar-refractivity contribution in [2.24, 2.45) is 0 Å². The van der Waals surface area contributed by atoms with Gasteiger partial charge in [-0.3, -0.25) is 9.89 Å². The van der Waals surface area contributed by atoms with Crippen LogP contribution in [-0.2, 0) is 4.79 Å². The van der Waals surface area contributed by atoms with E-state index in [0.717, 1.165) is 21.4 Å². The number of nitrogens with zero attached hydrogens (tertiary/aromatic N) is 3. The second kappa shape index (κ2) is 3.05. The third-order valence-corrected chi connectivity index (χ3v) is 3.11. The monoisotopic (exact) mass is 315 g/mol. The maximum atomic E-state index is 10.9. The molecular formula is C8H6IN5O. The average Bonchev–Trinajstić information content (AvgIpc) is 2.83. The van der Waals surface area contributed by atoms with Crippen LogP contribution in [0.15, 0.2) is 12.4 Å². The minimum atomic E-state index is -0.422. The number of nitrogens with one attached hydrogen (secondary N) is 2. The summed E-state index contributed by atoms with van der Waals surface area (Å²) in [6.45, 7) is 0. The number of anilines is 1. The fourth-order valence-electron chi connectivity index (χ4n) is 1.67. The van der Waals surface area contributed by atoms with Gasteiger partial charge >= 0.3 is 0 Å². The molecule has 0 bridgehead atoms. The van der Waals surface area contributed by atoms with Crippen LogP contribution >= 0.6 is 22.6 Å². The number of carbonyl (C=O) groups excluding carboxylic acids is 1. The molecule has 7 heteroatoms. The minimum Gasteiger partial charge on any atom is -0.342 e. The van der Waals surface area contributed by atoms with Gasteiger partial charge in [0.15, 0.2) is 18.3 Å². The van der Waals surface area contributed by atoms with Gasteiger partial charge in [0.25, 0.3) is 0 Å². The number of rotatable bonds is 1. The van der Waals surface area contributed by atoms with Crippen molar-refractivity contribution in [1.82, 2.24) is 19.7 Å². The van der Waals surface area contributed by atoms with E-state index in [1.54, 1.807) is 17.0 Å². The maximum Gasteiger partial charge on any atom is 0.163 e. The van der Waals surface area contributed by atoms with Crippen molar-refractivity contribution < 1.29 is 4.79 Å². The molecule has 1 aliphatic rings. The molecule has 0 aromatic carbocycles. The quantitative estimate of drug-likeness (QED) is 0.608. The fraction of sp³-hybridized carbons (Fsp3) is 0.125. The van der Waals surface area contributed by atoms with E-state index in [1.807, 2.05) is 0 Å². The van der Waals surface area contributed by atoms with Gasteiger partial charge in [-0.1, -0.05) is 0 Å². The number of aromatic amines is 1. The molecule has 2 N–H and O–H groups in total. The lowest BCUT2D eigenvalue weighted by atomic mass is 10.2. The Balaban J connectivity index is 2.28. The number of imidazole rings is 1. The van der Waals surface area contributed by atoms with Crippen molar-refractivity contribution in [3.63, 3.8) is 0 Å². The fourth-order valence-corrected chi connectivity index (χ4v) is 2.29. The smallest absolute Gasteiger partial charge is 0.163 e. The zero-order valence-corrected chi connectivity index (χ0v) is 9.59. The van der Waals surface area contributed by atoms with E-state index in [1.165, 1.54) is 0 Å². The summed E-state index contributed by atoms with van der Waals surface area (Å²) in [6, 6.07) is 0. The lowest BCUT2D eigenvalue weighted by Crippen LogP contribution is -2.24. The van der Waals surface area contributed by atoms with Crippen molar-refractivity contribution in [3.8, 4) is 11.4 Å². The van der Waals surface area contributed by atoms with Crippen LogP contribution in [0, 0.1) is 3.70 Å². The molecule has 0 saturated heterocycles. The van der Waals surface area contributed by atoms with Crippen molar-refractivity contribution in [1.29, 1.82) is 0 Å². The Bertz CT molecular complexity index is 531. The first-order valence-electron chi connectivity index (χ1n) is 4.30. The predicted octanol–water partition coefficient (Wildman–Crippen LogP) is 1.00. The highest BCUT2D eigenvalue weighted by Crippen LogP contribution is 2.35. The summed E-state index contributed by atoms with van der Waals surface area (Å²) >= 11 is 2.15. The normalized spacial score (nSPS) is 17.8. The topological polar surface area (TPSA) is 75.6 Å². The van der Waals surface area contributed by atoms with Gasteiger partial charge in [0, 0.05) is 12.4 Å². The Morgan fingerprint density at radius 1 is 1.60 bits per heavy atom. The third-order valence-electron chi connectivity index (χ3n) is 2.33. The number of hydrogen-bond acceptors (Lipinski definition) is 4. The number of aromatic nitrogens is 4. The van der Waals surface area contributed by atoms with Crippen molar-refractivity contribution in [2.45, 2.75) is 6.17 Å². The number of aldehydes is 1. The summed E-state index contributed by atoms with van der Waals surface area (Å²) in [5, 5.41) is 9.95. The standard InChI is InChI=1S/C8H6IN5O/c9-6-5-7(13-12-6)11-4(3-15)14-2-1-10-8(5)14/h1-4H,(H2,11,12,13). The van der Waals surface area contributed by atoms with Gasteiger partial charge in [-0.25, -0.2) is 4.98 Å². The highest BCUT2D eigenvalue weighted by atomic mass is 127. The van der Waals surface area contributed by atoms with E-state index in [4.69, 9.17) is 0 Å². The Hall–Kier alpha value is -1.38. The van der Waals surface area contributed by atoms with Gasteiger partial charge in [0.1, 0.15) is 9.53 Å². The van der Waals surface area contributed by atoms with Crippen LogP contribution < -0.4 is 5.32 Å². The number of H-pyrrole nitrogens is 1. The Kier molecular flexibility index (Phi) is 1.81. The summed E-state index contributed by atoms with van der Waals surface area (Å²) in [4.78, 5) is 15.1. The van der Waals surface area contributed by atoms with E-state index < -0.39 is 6.17 Å². The third kappa shape index (κ3) is 1.12. The molecule has 0 spiro atoms. The van der Waals surface area contributed by atoms with Crippen LogP contribution in [0.2, 0.25) is 0 Å². The summed E-state index contributed by atoms with van der Waals surface area (Å²) in [7, 11) is 0. The molecule has 76 valence electrons. The number of fused-ring (bicyclic) bond motifs is 3. The van der Waals surface area contributed by atoms with E-state index in [0.29, 0.717) is 5.82 Å². The Morgan fingerprint density at radius 3 is 3.27 bits per heavy atom. The van der Waals surface area contributed by atoms with Gasteiger partial charge < -0.3 is 9.88 Å². The molecule has 1 aliphatic heterocycles.